The number of aliphatic carboxylic acids is 1. The van der Waals surface area contributed by atoms with Gasteiger partial charge in [-0.15, -0.1) is 0 Å². The second-order valence-electron chi connectivity index (χ2n) is 7.37. The molecule has 7 heteroatoms. The topological polar surface area (TPSA) is 99.7 Å². The first-order valence-electron chi connectivity index (χ1n) is 9.88. The Labute approximate surface area is 184 Å². The molecule has 1 aromatic heterocycles. The van der Waals surface area contributed by atoms with Crippen molar-refractivity contribution >= 4 is 41.4 Å². The van der Waals surface area contributed by atoms with Crippen molar-refractivity contribution < 1.29 is 24.2 Å². The van der Waals surface area contributed by atoms with E-state index >= 15 is 0 Å². The molecule has 2 aromatic carbocycles. The summed E-state index contributed by atoms with van der Waals surface area (Å²) in [6.07, 6.45) is 3.37. The van der Waals surface area contributed by atoms with E-state index in [0.29, 0.717) is 22.4 Å². The standard InChI is InChI=1S/C25H20N2O5/c1-15-13-16(2)26-21(15)14-20-19-5-3-4-6-22(19)27(24(20)30)25(31)32-18-10-7-17(8-11-18)9-12-23(28)29/h3-14,26H,1-2H3,(H,28,29). The number of nitrogens with one attached hydrogen (secondary N) is 1. The molecule has 32 heavy (non-hydrogen) atoms. The minimum Gasteiger partial charge on any atom is -0.478 e. The molecule has 0 bridgehead atoms. The van der Waals surface area contributed by atoms with Crippen LogP contribution in [0.1, 0.15) is 28.1 Å². The highest BCUT2D eigenvalue weighted by atomic mass is 16.6. The number of carbonyl (C=O) groups excluding carboxylic acids is 2. The van der Waals surface area contributed by atoms with Gasteiger partial charge in [-0.05, 0) is 61.4 Å². The predicted molar refractivity (Wildman–Crippen MR) is 121 cm³/mol. The maximum atomic E-state index is 13.2. The molecule has 7 nitrogen and oxygen atoms in total. The number of rotatable bonds is 4. The summed E-state index contributed by atoms with van der Waals surface area (Å²) in [6.45, 7) is 3.88. The van der Waals surface area contributed by atoms with E-state index in [9.17, 15) is 14.4 Å². The Kier molecular flexibility index (Phi) is 5.47. The van der Waals surface area contributed by atoms with Crippen LogP contribution >= 0.6 is 0 Å². The van der Waals surface area contributed by atoms with Crippen LogP contribution < -0.4 is 9.64 Å². The summed E-state index contributed by atoms with van der Waals surface area (Å²) in [5.74, 6) is -1.29. The molecule has 2 N–H and O–H groups in total. The molecule has 3 aromatic rings. The number of H-pyrrole nitrogens is 1. The molecule has 1 aliphatic rings. The van der Waals surface area contributed by atoms with Gasteiger partial charge in [0.2, 0.25) is 0 Å². The maximum absolute atomic E-state index is 13.2. The van der Waals surface area contributed by atoms with Gasteiger partial charge in [0, 0.05) is 23.0 Å². The number of carboxylic acid groups (broad SMARTS) is 1. The van der Waals surface area contributed by atoms with Crippen LogP contribution in [0.3, 0.4) is 0 Å². The van der Waals surface area contributed by atoms with Crippen molar-refractivity contribution in [3.63, 3.8) is 0 Å². The van der Waals surface area contributed by atoms with Gasteiger partial charge in [0.15, 0.2) is 0 Å². The van der Waals surface area contributed by atoms with E-state index in [1.165, 1.54) is 18.2 Å². The fourth-order valence-electron chi connectivity index (χ4n) is 3.57. The molecule has 2 amide bonds. The van der Waals surface area contributed by atoms with Crippen molar-refractivity contribution in [2.75, 3.05) is 4.90 Å². The Morgan fingerprint density at radius 1 is 1.06 bits per heavy atom. The van der Waals surface area contributed by atoms with Crippen LogP contribution in [-0.4, -0.2) is 28.1 Å². The van der Waals surface area contributed by atoms with Crippen molar-refractivity contribution in [3.8, 4) is 5.75 Å². The van der Waals surface area contributed by atoms with E-state index in [0.717, 1.165) is 27.9 Å². The SMILES string of the molecule is Cc1cc(C)c(C=C2C(=O)N(C(=O)Oc3ccc(C=CC(=O)O)cc3)c3ccccc32)[nH]1. The zero-order chi connectivity index (χ0) is 22.8. The number of imide groups is 1. The van der Waals surface area contributed by atoms with Gasteiger partial charge >= 0.3 is 12.1 Å². The number of nitrogens with zero attached hydrogens (tertiary/aromatic N) is 1. The van der Waals surface area contributed by atoms with E-state index in [1.54, 1.807) is 36.4 Å². The van der Waals surface area contributed by atoms with E-state index in [1.807, 2.05) is 26.0 Å². The summed E-state index contributed by atoms with van der Waals surface area (Å²) in [5.41, 5.74) is 4.92. The first-order chi connectivity index (χ1) is 15.3. The number of para-hydroxylation sites is 1. The molecule has 0 unspecified atom stereocenters. The quantitative estimate of drug-likeness (QED) is 0.581. The molecule has 0 aliphatic carbocycles. The molecule has 4 rings (SSSR count). The number of hydrogen-bond donors (Lipinski definition) is 2. The first kappa shape index (κ1) is 20.9. The van der Waals surface area contributed by atoms with E-state index < -0.39 is 18.0 Å². The minimum absolute atomic E-state index is 0.237. The fourth-order valence-corrected chi connectivity index (χ4v) is 3.57. The molecule has 160 valence electrons. The van der Waals surface area contributed by atoms with Crippen LogP contribution in [0, 0.1) is 13.8 Å². The average molecular weight is 428 g/mol. The van der Waals surface area contributed by atoms with Crippen LogP contribution in [0.25, 0.3) is 17.7 Å². The number of ether oxygens (including phenoxy) is 1. The van der Waals surface area contributed by atoms with Gasteiger partial charge in [0.05, 0.1) is 11.3 Å². The number of hydrogen-bond acceptors (Lipinski definition) is 4. The number of benzene rings is 2. The average Bonchev–Trinajstić information content (AvgIpc) is 3.23. The molecule has 2 heterocycles. The summed E-state index contributed by atoms with van der Waals surface area (Å²) < 4.78 is 5.42. The highest BCUT2D eigenvalue weighted by molar-refractivity contribution is 6.41. The van der Waals surface area contributed by atoms with E-state index in [-0.39, 0.29) is 5.75 Å². The van der Waals surface area contributed by atoms with Crippen LogP contribution in [0.15, 0.2) is 60.7 Å². The fraction of sp³-hybridized carbons (Fsp3) is 0.0800. The smallest absolute Gasteiger partial charge is 0.426 e. The van der Waals surface area contributed by atoms with Crippen molar-refractivity contribution in [1.82, 2.24) is 4.98 Å². The normalized spacial score (nSPS) is 14.2. The number of carboxylic acids is 1. The number of amides is 2. The largest absolute Gasteiger partial charge is 0.478 e. The molecule has 0 fully saturated rings. The Hall–Kier alpha value is -4.39. The third kappa shape index (κ3) is 4.09. The van der Waals surface area contributed by atoms with Crippen molar-refractivity contribution in [2.45, 2.75) is 13.8 Å². The zero-order valence-corrected chi connectivity index (χ0v) is 17.5. The van der Waals surface area contributed by atoms with Crippen molar-refractivity contribution in [1.29, 1.82) is 0 Å². The van der Waals surface area contributed by atoms with Crippen LogP contribution in [0.2, 0.25) is 0 Å². The molecule has 0 atom stereocenters. The molecule has 0 radical (unpaired) electrons. The highest BCUT2D eigenvalue weighted by Gasteiger charge is 2.38. The Morgan fingerprint density at radius 2 is 1.78 bits per heavy atom. The van der Waals surface area contributed by atoms with Gasteiger partial charge in [-0.3, -0.25) is 4.79 Å². The Morgan fingerprint density at radius 3 is 2.44 bits per heavy atom. The van der Waals surface area contributed by atoms with Crippen molar-refractivity contribution in [3.05, 3.63) is 88.8 Å². The van der Waals surface area contributed by atoms with E-state index in [2.05, 4.69) is 4.98 Å². The first-order valence-corrected chi connectivity index (χ1v) is 9.88. The lowest BCUT2D eigenvalue weighted by molar-refractivity contribution is -0.131. The molecular formula is C25H20N2O5. The number of carbonyl (C=O) groups is 3. The predicted octanol–water partition coefficient (Wildman–Crippen LogP) is 4.82. The summed E-state index contributed by atoms with van der Waals surface area (Å²) in [5, 5.41) is 8.71. The lowest BCUT2D eigenvalue weighted by Crippen LogP contribution is -2.35. The lowest BCUT2D eigenvalue weighted by atomic mass is 10.1. The van der Waals surface area contributed by atoms with Crippen LogP contribution in [-0.2, 0) is 9.59 Å². The molecule has 0 saturated heterocycles. The zero-order valence-electron chi connectivity index (χ0n) is 17.5. The van der Waals surface area contributed by atoms with E-state index in [4.69, 9.17) is 9.84 Å². The molecule has 1 aliphatic heterocycles. The van der Waals surface area contributed by atoms with Gasteiger partial charge in [-0.2, -0.15) is 0 Å². The maximum Gasteiger partial charge on any atom is 0.426 e. The highest BCUT2D eigenvalue weighted by Crippen LogP contribution is 2.38. The third-order valence-electron chi connectivity index (χ3n) is 5.03. The second-order valence-corrected chi connectivity index (χ2v) is 7.37. The summed E-state index contributed by atoms with van der Waals surface area (Å²) in [7, 11) is 0. The third-order valence-corrected chi connectivity index (χ3v) is 5.03. The van der Waals surface area contributed by atoms with Gasteiger partial charge < -0.3 is 14.8 Å². The van der Waals surface area contributed by atoms with Crippen molar-refractivity contribution in [2.24, 2.45) is 0 Å². The second kappa shape index (κ2) is 8.39. The van der Waals surface area contributed by atoms with Gasteiger partial charge in [-0.1, -0.05) is 30.3 Å². The molecule has 0 saturated carbocycles. The summed E-state index contributed by atoms with van der Waals surface area (Å²) in [6, 6.07) is 15.3. The number of anilines is 1. The molecule has 0 spiro atoms. The monoisotopic (exact) mass is 428 g/mol. The van der Waals surface area contributed by atoms with Gasteiger partial charge in [0.25, 0.3) is 5.91 Å². The number of aromatic nitrogens is 1. The van der Waals surface area contributed by atoms with Gasteiger partial charge in [0.1, 0.15) is 5.75 Å². The lowest BCUT2D eigenvalue weighted by Gasteiger charge is -2.15. The number of aryl methyl sites for hydroxylation is 2. The minimum atomic E-state index is -1.06. The Balaban J connectivity index is 1.61. The summed E-state index contributed by atoms with van der Waals surface area (Å²) in [4.78, 5) is 41.0. The van der Waals surface area contributed by atoms with Crippen LogP contribution in [0.5, 0.6) is 5.75 Å². The number of fused-ring (bicyclic) bond motifs is 1. The number of aromatic amines is 1. The molecular weight excluding hydrogens is 408 g/mol. The Bertz CT molecular complexity index is 1280. The van der Waals surface area contributed by atoms with Crippen LogP contribution in [0.4, 0.5) is 10.5 Å². The summed E-state index contributed by atoms with van der Waals surface area (Å²) >= 11 is 0. The van der Waals surface area contributed by atoms with Gasteiger partial charge in [-0.25, -0.2) is 14.5 Å².